The quantitative estimate of drug-likeness (QED) is 0.878. The number of rotatable bonds is 4. The molecule has 0 radical (unpaired) electrons. The molecule has 0 saturated carbocycles. The smallest absolute Gasteiger partial charge is 0.301 e. The molecule has 1 aromatic heterocycles. The molecule has 1 N–H and O–H groups in total. The fourth-order valence-corrected chi connectivity index (χ4v) is 2.77. The molecule has 22 heavy (non-hydrogen) atoms. The van der Waals surface area contributed by atoms with Crippen molar-refractivity contribution in [2.75, 3.05) is 11.1 Å². The Balaban J connectivity index is 2.02. The van der Waals surface area contributed by atoms with E-state index in [-0.39, 0.29) is 11.8 Å². The second-order valence-electron chi connectivity index (χ2n) is 4.62. The molecule has 0 atom stereocenters. The molecule has 1 aromatic carbocycles. The van der Waals surface area contributed by atoms with Crippen LogP contribution in [0.25, 0.3) is 11.3 Å². The van der Waals surface area contributed by atoms with Crippen LogP contribution in [0, 0.1) is 13.8 Å². The van der Waals surface area contributed by atoms with Crippen molar-refractivity contribution in [3.8, 4) is 11.3 Å². The highest BCUT2D eigenvalue weighted by atomic mass is 32.2. The van der Waals surface area contributed by atoms with E-state index in [0.29, 0.717) is 10.8 Å². The molecular formula is C14H13F3N2OS2. The first-order chi connectivity index (χ1) is 10.2. The Morgan fingerprint density at radius 3 is 2.68 bits per heavy atom. The van der Waals surface area contributed by atoms with E-state index in [1.54, 1.807) is 5.38 Å². The molecule has 0 unspecified atom stereocenters. The van der Waals surface area contributed by atoms with Crippen molar-refractivity contribution in [1.29, 1.82) is 0 Å². The predicted octanol–water partition coefficient (Wildman–Crippen LogP) is 4.62. The summed E-state index contributed by atoms with van der Waals surface area (Å²) in [5.74, 6) is -1.40. The summed E-state index contributed by atoms with van der Waals surface area (Å²) in [6.45, 7) is 3.99. The third kappa shape index (κ3) is 4.74. The van der Waals surface area contributed by atoms with Crippen molar-refractivity contribution in [3.05, 3.63) is 34.7 Å². The van der Waals surface area contributed by atoms with Gasteiger partial charge in [0.25, 0.3) is 0 Å². The van der Waals surface area contributed by atoms with Crippen LogP contribution in [0.15, 0.2) is 23.6 Å². The summed E-state index contributed by atoms with van der Waals surface area (Å²) in [6, 6.07) is 5.88. The lowest BCUT2D eigenvalue weighted by Crippen LogP contribution is -2.16. The van der Waals surface area contributed by atoms with Gasteiger partial charge in [0.1, 0.15) is 0 Å². The van der Waals surface area contributed by atoms with Gasteiger partial charge in [-0.1, -0.05) is 12.1 Å². The maximum atomic E-state index is 12.0. The summed E-state index contributed by atoms with van der Waals surface area (Å²) in [7, 11) is 0. The van der Waals surface area contributed by atoms with Gasteiger partial charge in [0.15, 0.2) is 5.13 Å². The Morgan fingerprint density at radius 2 is 2.05 bits per heavy atom. The van der Waals surface area contributed by atoms with Gasteiger partial charge in [0, 0.05) is 10.9 Å². The molecular weight excluding hydrogens is 333 g/mol. The molecule has 0 fully saturated rings. The Bertz CT molecular complexity index is 683. The number of nitrogens with zero attached hydrogens (tertiary/aromatic N) is 1. The number of hydrogen-bond donors (Lipinski definition) is 1. The largest absolute Gasteiger partial charge is 0.442 e. The number of carbonyl (C=O) groups excluding carboxylic acids is 1. The highest BCUT2D eigenvalue weighted by Crippen LogP contribution is 2.30. The molecule has 0 bridgehead atoms. The van der Waals surface area contributed by atoms with Gasteiger partial charge in [-0.05, 0) is 42.8 Å². The molecule has 118 valence electrons. The van der Waals surface area contributed by atoms with E-state index in [0.717, 1.165) is 16.7 Å². The Morgan fingerprint density at radius 1 is 1.32 bits per heavy atom. The molecule has 0 aliphatic rings. The lowest BCUT2D eigenvalue weighted by atomic mass is 10.1. The Labute approximate surface area is 134 Å². The van der Waals surface area contributed by atoms with Crippen LogP contribution >= 0.6 is 23.1 Å². The second-order valence-corrected chi connectivity index (χ2v) is 6.52. The van der Waals surface area contributed by atoms with Crippen LogP contribution in [0.4, 0.5) is 18.3 Å². The minimum atomic E-state index is -4.41. The van der Waals surface area contributed by atoms with Gasteiger partial charge in [0.05, 0.1) is 11.4 Å². The lowest BCUT2D eigenvalue weighted by Gasteiger charge is -2.05. The number of amides is 1. The number of anilines is 1. The summed E-state index contributed by atoms with van der Waals surface area (Å²) < 4.78 is 36.1. The van der Waals surface area contributed by atoms with Crippen LogP contribution in [0.3, 0.4) is 0 Å². The standard InChI is InChI=1S/C14H13F3N2OS2/c1-8-3-4-10(5-9(8)2)11-6-21-13(18-11)19-12(20)7-22-14(15,16)17/h3-6H,7H2,1-2H3,(H,18,19,20). The fraction of sp³-hybridized carbons (Fsp3) is 0.286. The molecule has 1 amide bonds. The number of carbonyl (C=O) groups is 1. The first-order valence-electron chi connectivity index (χ1n) is 6.28. The van der Waals surface area contributed by atoms with Crippen molar-refractivity contribution >= 4 is 34.1 Å². The summed E-state index contributed by atoms with van der Waals surface area (Å²) in [6.07, 6.45) is 0. The molecule has 1 heterocycles. The van der Waals surface area contributed by atoms with Crippen LogP contribution in [0.5, 0.6) is 0 Å². The number of alkyl halides is 3. The SMILES string of the molecule is Cc1ccc(-c2csc(NC(=O)CSC(F)(F)F)n2)cc1C. The van der Waals surface area contributed by atoms with Gasteiger partial charge in [-0.3, -0.25) is 4.79 Å². The van der Waals surface area contributed by atoms with Gasteiger partial charge in [-0.2, -0.15) is 13.2 Å². The number of hydrogen-bond acceptors (Lipinski definition) is 4. The highest BCUT2D eigenvalue weighted by molar-refractivity contribution is 8.00. The molecule has 2 rings (SSSR count). The van der Waals surface area contributed by atoms with E-state index in [1.807, 2.05) is 32.0 Å². The number of benzene rings is 1. The zero-order valence-electron chi connectivity index (χ0n) is 11.8. The average Bonchev–Trinajstić information content (AvgIpc) is 2.87. The molecule has 0 spiro atoms. The number of thioether (sulfide) groups is 1. The lowest BCUT2D eigenvalue weighted by molar-refractivity contribution is -0.114. The molecule has 3 nitrogen and oxygen atoms in total. The van der Waals surface area contributed by atoms with E-state index >= 15 is 0 Å². The average molecular weight is 346 g/mol. The van der Waals surface area contributed by atoms with Crippen LogP contribution in [-0.2, 0) is 4.79 Å². The topological polar surface area (TPSA) is 42.0 Å². The summed E-state index contributed by atoms with van der Waals surface area (Å²) in [5.41, 5.74) is -0.532. The molecule has 2 aromatic rings. The monoisotopic (exact) mass is 346 g/mol. The van der Waals surface area contributed by atoms with Crippen LogP contribution in [-0.4, -0.2) is 22.2 Å². The number of nitrogens with one attached hydrogen (secondary N) is 1. The summed E-state index contributed by atoms with van der Waals surface area (Å²) in [5, 5.41) is 4.43. The first-order valence-corrected chi connectivity index (χ1v) is 8.15. The van der Waals surface area contributed by atoms with E-state index in [2.05, 4.69) is 10.3 Å². The van der Waals surface area contributed by atoms with Gasteiger partial charge < -0.3 is 5.32 Å². The van der Waals surface area contributed by atoms with Gasteiger partial charge in [-0.25, -0.2) is 4.98 Å². The first kappa shape index (κ1) is 16.8. The normalized spacial score (nSPS) is 11.5. The fourth-order valence-electron chi connectivity index (χ4n) is 1.67. The Kier molecular flexibility index (Phi) is 5.12. The van der Waals surface area contributed by atoms with E-state index in [1.165, 1.54) is 11.3 Å². The summed E-state index contributed by atoms with van der Waals surface area (Å²) >= 11 is 0.815. The Hall–Kier alpha value is -1.54. The number of aryl methyl sites for hydroxylation is 2. The van der Waals surface area contributed by atoms with E-state index < -0.39 is 17.2 Å². The van der Waals surface area contributed by atoms with Crippen molar-refractivity contribution in [2.24, 2.45) is 0 Å². The second kappa shape index (κ2) is 6.70. The maximum absolute atomic E-state index is 12.0. The molecule has 8 heteroatoms. The summed E-state index contributed by atoms with van der Waals surface area (Å²) in [4.78, 5) is 15.7. The molecule has 0 aliphatic heterocycles. The predicted molar refractivity (Wildman–Crippen MR) is 84.2 cm³/mol. The zero-order chi connectivity index (χ0) is 16.3. The number of aromatic nitrogens is 1. The maximum Gasteiger partial charge on any atom is 0.442 e. The van der Waals surface area contributed by atoms with Crippen molar-refractivity contribution < 1.29 is 18.0 Å². The minimum absolute atomic E-state index is 0.293. The molecule has 0 saturated heterocycles. The van der Waals surface area contributed by atoms with E-state index in [9.17, 15) is 18.0 Å². The third-order valence-corrected chi connectivity index (χ3v) is 4.41. The zero-order valence-corrected chi connectivity index (χ0v) is 13.5. The van der Waals surface area contributed by atoms with Crippen molar-refractivity contribution in [2.45, 2.75) is 19.4 Å². The highest BCUT2D eigenvalue weighted by Gasteiger charge is 2.29. The van der Waals surface area contributed by atoms with Crippen molar-refractivity contribution in [1.82, 2.24) is 4.98 Å². The number of halogens is 3. The van der Waals surface area contributed by atoms with Crippen molar-refractivity contribution in [3.63, 3.8) is 0 Å². The minimum Gasteiger partial charge on any atom is -0.301 e. The molecule has 0 aliphatic carbocycles. The van der Waals surface area contributed by atoms with E-state index in [4.69, 9.17) is 0 Å². The van der Waals surface area contributed by atoms with Crippen LogP contribution in [0.2, 0.25) is 0 Å². The van der Waals surface area contributed by atoms with Crippen LogP contribution in [0.1, 0.15) is 11.1 Å². The van der Waals surface area contributed by atoms with Gasteiger partial charge in [-0.15, -0.1) is 11.3 Å². The van der Waals surface area contributed by atoms with Crippen LogP contribution < -0.4 is 5.32 Å². The van der Waals surface area contributed by atoms with Gasteiger partial charge in [0.2, 0.25) is 5.91 Å². The third-order valence-electron chi connectivity index (χ3n) is 2.92. The van der Waals surface area contributed by atoms with Gasteiger partial charge >= 0.3 is 5.51 Å². The number of thiazole rings is 1.